The Morgan fingerprint density at radius 2 is 2.43 bits per heavy atom. The average molecular weight is 191 g/mol. The van der Waals surface area contributed by atoms with E-state index in [1.807, 2.05) is 24.1 Å². The Morgan fingerprint density at radius 3 is 3.00 bits per heavy atom. The third kappa shape index (κ3) is 2.71. The zero-order valence-electron chi connectivity index (χ0n) is 8.31. The molecule has 74 valence electrons. The van der Waals surface area contributed by atoms with Crippen LogP contribution in [0.2, 0.25) is 0 Å². The highest BCUT2D eigenvalue weighted by molar-refractivity contribution is 5.48. The third-order valence-electron chi connectivity index (χ3n) is 1.84. The van der Waals surface area contributed by atoms with E-state index in [2.05, 4.69) is 4.98 Å². The summed E-state index contributed by atoms with van der Waals surface area (Å²) < 4.78 is 0. The lowest BCUT2D eigenvalue weighted by molar-refractivity contribution is 0.201. The van der Waals surface area contributed by atoms with E-state index in [0.29, 0.717) is 12.2 Å². The van der Waals surface area contributed by atoms with Gasteiger partial charge < -0.3 is 10.0 Å². The van der Waals surface area contributed by atoms with Crippen LogP contribution in [0.15, 0.2) is 18.3 Å². The summed E-state index contributed by atoms with van der Waals surface area (Å²) in [7, 11) is 1.86. The number of hydrogen-bond donors (Lipinski definition) is 1. The number of pyridine rings is 1. The topological polar surface area (TPSA) is 60.1 Å². The lowest BCUT2D eigenvalue weighted by Gasteiger charge is -2.20. The van der Waals surface area contributed by atoms with Crippen molar-refractivity contribution < 1.29 is 5.11 Å². The maximum Gasteiger partial charge on any atom is 0.142 e. The second-order valence-electron chi connectivity index (χ2n) is 3.24. The largest absolute Gasteiger partial charge is 0.392 e. The van der Waals surface area contributed by atoms with E-state index < -0.39 is 6.10 Å². The van der Waals surface area contributed by atoms with Gasteiger partial charge >= 0.3 is 0 Å². The van der Waals surface area contributed by atoms with Gasteiger partial charge in [-0.3, -0.25) is 0 Å². The summed E-state index contributed by atoms with van der Waals surface area (Å²) in [5, 5.41) is 17.8. The zero-order valence-corrected chi connectivity index (χ0v) is 8.31. The van der Waals surface area contributed by atoms with Crippen LogP contribution in [0.25, 0.3) is 0 Å². The number of likely N-dealkylation sites (N-methyl/N-ethyl adjacent to an activating group) is 1. The summed E-state index contributed by atoms with van der Waals surface area (Å²) in [6.07, 6.45) is 1.20. The zero-order chi connectivity index (χ0) is 10.6. The number of aliphatic hydroxyl groups is 1. The van der Waals surface area contributed by atoms with Crippen LogP contribution in [0, 0.1) is 11.3 Å². The summed E-state index contributed by atoms with van der Waals surface area (Å²) in [4.78, 5) is 5.75. The molecule has 14 heavy (non-hydrogen) atoms. The molecule has 0 amide bonds. The Hall–Kier alpha value is -1.60. The lowest BCUT2D eigenvalue weighted by Crippen LogP contribution is -2.26. The Bertz CT molecular complexity index is 343. The van der Waals surface area contributed by atoms with Crippen molar-refractivity contribution in [2.75, 3.05) is 18.5 Å². The average Bonchev–Trinajstić information content (AvgIpc) is 2.17. The number of nitriles is 1. The van der Waals surface area contributed by atoms with E-state index in [9.17, 15) is 5.11 Å². The molecule has 0 aliphatic rings. The van der Waals surface area contributed by atoms with Gasteiger partial charge in [0, 0.05) is 25.5 Å². The molecule has 0 saturated heterocycles. The Kier molecular flexibility index (Phi) is 3.43. The fraction of sp³-hybridized carbons (Fsp3) is 0.400. The molecule has 1 unspecified atom stereocenters. The molecule has 0 aliphatic heterocycles. The SMILES string of the molecule is CC(O)CN(C)c1ccnc(C#N)c1. The van der Waals surface area contributed by atoms with Crippen molar-refractivity contribution in [3.63, 3.8) is 0 Å². The summed E-state index contributed by atoms with van der Waals surface area (Å²) >= 11 is 0. The Morgan fingerprint density at radius 1 is 1.71 bits per heavy atom. The van der Waals surface area contributed by atoms with E-state index >= 15 is 0 Å². The quantitative estimate of drug-likeness (QED) is 0.766. The molecule has 0 aliphatic carbocycles. The molecule has 4 nitrogen and oxygen atoms in total. The van der Waals surface area contributed by atoms with E-state index in [1.54, 1.807) is 19.2 Å². The first kappa shape index (κ1) is 10.5. The minimum atomic E-state index is -0.390. The molecule has 1 aromatic heterocycles. The van der Waals surface area contributed by atoms with Crippen molar-refractivity contribution in [2.45, 2.75) is 13.0 Å². The highest BCUT2D eigenvalue weighted by atomic mass is 16.3. The van der Waals surface area contributed by atoms with Gasteiger partial charge in [0.1, 0.15) is 11.8 Å². The van der Waals surface area contributed by atoms with Crippen molar-refractivity contribution in [2.24, 2.45) is 0 Å². The van der Waals surface area contributed by atoms with Gasteiger partial charge in [-0.1, -0.05) is 0 Å². The van der Waals surface area contributed by atoms with E-state index in [1.165, 1.54) is 0 Å². The van der Waals surface area contributed by atoms with Gasteiger partial charge in [-0.2, -0.15) is 5.26 Å². The Labute approximate surface area is 83.4 Å². The molecule has 0 fully saturated rings. The van der Waals surface area contributed by atoms with Crippen LogP contribution >= 0.6 is 0 Å². The lowest BCUT2D eigenvalue weighted by atomic mass is 10.3. The third-order valence-corrected chi connectivity index (χ3v) is 1.84. The number of aliphatic hydroxyl groups excluding tert-OH is 1. The van der Waals surface area contributed by atoms with Gasteiger partial charge in [0.05, 0.1) is 6.10 Å². The van der Waals surface area contributed by atoms with Gasteiger partial charge in [0.25, 0.3) is 0 Å². The predicted octanol–water partition coefficient (Wildman–Crippen LogP) is 0.770. The minimum Gasteiger partial charge on any atom is -0.392 e. The van der Waals surface area contributed by atoms with Crippen LogP contribution < -0.4 is 4.90 Å². The van der Waals surface area contributed by atoms with Crippen LogP contribution in [-0.4, -0.2) is 29.8 Å². The van der Waals surface area contributed by atoms with Gasteiger partial charge in [-0.05, 0) is 19.1 Å². The summed E-state index contributed by atoms with van der Waals surface area (Å²) in [5.41, 5.74) is 1.28. The highest BCUT2D eigenvalue weighted by Gasteiger charge is 2.04. The molecule has 0 bridgehead atoms. The highest BCUT2D eigenvalue weighted by Crippen LogP contribution is 2.12. The summed E-state index contributed by atoms with van der Waals surface area (Å²) in [6.45, 7) is 2.26. The van der Waals surface area contributed by atoms with E-state index in [-0.39, 0.29) is 0 Å². The monoisotopic (exact) mass is 191 g/mol. The fourth-order valence-electron chi connectivity index (χ4n) is 1.22. The van der Waals surface area contributed by atoms with Crippen molar-refractivity contribution in [3.05, 3.63) is 24.0 Å². The van der Waals surface area contributed by atoms with Crippen LogP contribution in [-0.2, 0) is 0 Å². The summed E-state index contributed by atoms with van der Waals surface area (Å²) in [6, 6.07) is 5.48. The molecule has 0 saturated carbocycles. The van der Waals surface area contributed by atoms with Crippen molar-refractivity contribution >= 4 is 5.69 Å². The molecule has 0 spiro atoms. The number of aromatic nitrogens is 1. The molecular weight excluding hydrogens is 178 g/mol. The second-order valence-corrected chi connectivity index (χ2v) is 3.24. The molecule has 1 rings (SSSR count). The summed E-state index contributed by atoms with van der Waals surface area (Å²) in [5.74, 6) is 0. The van der Waals surface area contributed by atoms with Crippen LogP contribution in [0.1, 0.15) is 12.6 Å². The number of nitrogens with zero attached hydrogens (tertiary/aromatic N) is 3. The molecular formula is C10H13N3O. The maximum absolute atomic E-state index is 9.19. The smallest absolute Gasteiger partial charge is 0.142 e. The second kappa shape index (κ2) is 4.58. The molecule has 1 heterocycles. The van der Waals surface area contributed by atoms with Crippen molar-refractivity contribution in [3.8, 4) is 6.07 Å². The molecule has 0 aromatic carbocycles. The van der Waals surface area contributed by atoms with Gasteiger partial charge in [0.15, 0.2) is 0 Å². The van der Waals surface area contributed by atoms with Gasteiger partial charge in [-0.25, -0.2) is 4.98 Å². The molecule has 1 N–H and O–H groups in total. The molecule has 1 aromatic rings. The first-order valence-electron chi connectivity index (χ1n) is 4.39. The number of rotatable bonds is 3. The van der Waals surface area contributed by atoms with Crippen LogP contribution in [0.5, 0.6) is 0 Å². The molecule has 0 radical (unpaired) electrons. The maximum atomic E-state index is 9.19. The van der Waals surface area contributed by atoms with Gasteiger partial charge in [0.2, 0.25) is 0 Å². The van der Waals surface area contributed by atoms with Crippen LogP contribution in [0.3, 0.4) is 0 Å². The fourth-order valence-corrected chi connectivity index (χ4v) is 1.22. The first-order chi connectivity index (χ1) is 6.63. The molecule has 4 heteroatoms. The van der Waals surface area contributed by atoms with E-state index in [4.69, 9.17) is 5.26 Å². The van der Waals surface area contributed by atoms with Crippen molar-refractivity contribution in [1.82, 2.24) is 4.98 Å². The van der Waals surface area contributed by atoms with E-state index in [0.717, 1.165) is 5.69 Å². The first-order valence-corrected chi connectivity index (χ1v) is 4.39. The van der Waals surface area contributed by atoms with Crippen molar-refractivity contribution in [1.29, 1.82) is 5.26 Å². The standard InChI is InChI=1S/C10H13N3O/c1-8(14)7-13(2)10-3-4-12-9(5-10)6-11/h3-5,8,14H,7H2,1-2H3. The molecule has 1 atom stereocenters. The predicted molar refractivity (Wildman–Crippen MR) is 53.9 cm³/mol. The minimum absolute atomic E-state index is 0.389. The number of hydrogen-bond acceptors (Lipinski definition) is 4. The normalized spacial score (nSPS) is 11.9. The number of anilines is 1. The van der Waals surface area contributed by atoms with Gasteiger partial charge in [-0.15, -0.1) is 0 Å². The van der Waals surface area contributed by atoms with Crippen LogP contribution in [0.4, 0.5) is 5.69 Å². The Balaban J connectivity index is 2.80.